The molecule has 0 radical (unpaired) electrons. The van der Waals surface area contributed by atoms with Gasteiger partial charge in [0.2, 0.25) is 5.88 Å². The highest BCUT2D eigenvalue weighted by atomic mass is 16.5. The fraction of sp³-hybridized carbons (Fsp3) is 0.409. The van der Waals surface area contributed by atoms with Crippen molar-refractivity contribution in [3.8, 4) is 11.6 Å². The molecule has 1 aromatic carbocycles. The number of hydrogen-bond acceptors (Lipinski definition) is 4. The molecule has 1 aliphatic heterocycles. The van der Waals surface area contributed by atoms with Crippen molar-refractivity contribution in [1.29, 1.82) is 0 Å². The number of nitrogens with zero attached hydrogens (tertiary/aromatic N) is 3. The Hall–Kier alpha value is -2.53. The first kappa shape index (κ1) is 17.9. The summed E-state index contributed by atoms with van der Waals surface area (Å²) in [5.74, 6) is 1.48. The molecule has 0 bridgehead atoms. The van der Waals surface area contributed by atoms with Gasteiger partial charge in [0.15, 0.2) is 0 Å². The lowest BCUT2D eigenvalue weighted by Gasteiger charge is -2.24. The Kier molecular flexibility index (Phi) is 4.79. The minimum atomic E-state index is 0.648. The first-order chi connectivity index (χ1) is 13.1. The van der Waals surface area contributed by atoms with Gasteiger partial charge in [0.05, 0.1) is 19.8 Å². The van der Waals surface area contributed by atoms with E-state index in [0.717, 1.165) is 43.8 Å². The third-order valence-electron chi connectivity index (χ3n) is 5.57. The number of aromatic nitrogens is 2. The Labute approximate surface area is 160 Å². The maximum absolute atomic E-state index is 5.55. The monoisotopic (exact) mass is 365 g/mol. The third kappa shape index (κ3) is 3.16. The van der Waals surface area contributed by atoms with Crippen LogP contribution in [0.2, 0.25) is 0 Å². The number of aryl methyl sites for hydroxylation is 2. The quantitative estimate of drug-likeness (QED) is 0.693. The number of rotatable bonds is 5. The second kappa shape index (κ2) is 7.24. The second-order valence-electron chi connectivity index (χ2n) is 7.34. The number of ether oxygens (including phenoxy) is 2. The second-order valence-corrected chi connectivity index (χ2v) is 7.34. The van der Waals surface area contributed by atoms with Gasteiger partial charge >= 0.3 is 0 Å². The molecule has 1 aliphatic rings. The van der Waals surface area contributed by atoms with Crippen LogP contribution < -0.4 is 9.47 Å². The van der Waals surface area contributed by atoms with Crippen LogP contribution in [0.4, 0.5) is 0 Å². The van der Waals surface area contributed by atoms with E-state index in [1.165, 1.54) is 27.7 Å². The molecule has 3 aromatic rings. The number of pyridine rings is 1. The first-order valence-electron chi connectivity index (χ1n) is 9.47. The highest BCUT2D eigenvalue weighted by molar-refractivity contribution is 5.86. The van der Waals surface area contributed by atoms with Gasteiger partial charge in [-0.3, -0.25) is 0 Å². The largest absolute Gasteiger partial charge is 0.496 e. The van der Waals surface area contributed by atoms with E-state index in [1.54, 1.807) is 20.4 Å². The molecule has 0 amide bonds. The van der Waals surface area contributed by atoms with Crippen molar-refractivity contribution in [2.45, 2.75) is 32.9 Å². The van der Waals surface area contributed by atoms with Gasteiger partial charge < -0.3 is 18.9 Å². The Bertz CT molecular complexity index is 955. The molecular weight excluding hydrogens is 338 g/mol. The van der Waals surface area contributed by atoms with Crippen molar-refractivity contribution < 1.29 is 9.47 Å². The van der Waals surface area contributed by atoms with Gasteiger partial charge in [-0.1, -0.05) is 11.6 Å². The van der Waals surface area contributed by atoms with Crippen LogP contribution in [0.5, 0.6) is 11.6 Å². The number of hydrogen-bond donors (Lipinski definition) is 0. The van der Waals surface area contributed by atoms with Crippen LogP contribution in [0, 0.1) is 6.92 Å². The summed E-state index contributed by atoms with van der Waals surface area (Å²) in [5, 5.41) is 1.39. The van der Waals surface area contributed by atoms with Crippen LogP contribution in [0.1, 0.15) is 22.4 Å². The van der Waals surface area contributed by atoms with E-state index >= 15 is 0 Å². The fourth-order valence-corrected chi connectivity index (χ4v) is 4.23. The molecule has 5 heteroatoms. The van der Waals surface area contributed by atoms with Crippen molar-refractivity contribution in [2.24, 2.45) is 0 Å². The fourth-order valence-electron chi connectivity index (χ4n) is 4.23. The van der Waals surface area contributed by atoms with Crippen molar-refractivity contribution >= 4 is 10.9 Å². The zero-order valence-corrected chi connectivity index (χ0v) is 16.6. The van der Waals surface area contributed by atoms with E-state index in [0.29, 0.717) is 5.88 Å². The van der Waals surface area contributed by atoms with E-state index in [9.17, 15) is 0 Å². The van der Waals surface area contributed by atoms with Gasteiger partial charge in [-0.15, -0.1) is 0 Å². The molecule has 0 N–H and O–H groups in total. The summed E-state index contributed by atoms with van der Waals surface area (Å²) in [7, 11) is 5.56. The van der Waals surface area contributed by atoms with Gasteiger partial charge in [0.1, 0.15) is 5.75 Å². The van der Waals surface area contributed by atoms with Crippen LogP contribution in [0.25, 0.3) is 10.9 Å². The lowest BCUT2D eigenvalue weighted by molar-refractivity contribution is 0.309. The molecule has 4 rings (SSSR count). The summed E-state index contributed by atoms with van der Waals surface area (Å²) < 4.78 is 13.5. The Balaban J connectivity index is 1.76. The summed E-state index contributed by atoms with van der Waals surface area (Å²) >= 11 is 0. The average Bonchev–Trinajstić information content (AvgIpc) is 2.98. The molecule has 0 aliphatic carbocycles. The molecule has 0 spiro atoms. The maximum Gasteiger partial charge on any atom is 0.220 e. The van der Waals surface area contributed by atoms with Crippen molar-refractivity contribution in [1.82, 2.24) is 14.5 Å². The van der Waals surface area contributed by atoms with Crippen LogP contribution in [0.15, 0.2) is 30.5 Å². The minimum Gasteiger partial charge on any atom is -0.496 e. The molecule has 5 nitrogen and oxygen atoms in total. The molecule has 2 aromatic heterocycles. The highest BCUT2D eigenvalue weighted by Gasteiger charge is 2.23. The van der Waals surface area contributed by atoms with Crippen LogP contribution in [-0.2, 0) is 25.9 Å². The molecule has 0 saturated carbocycles. The minimum absolute atomic E-state index is 0.648. The number of fused-ring (bicyclic) bond motifs is 3. The van der Waals surface area contributed by atoms with Crippen molar-refractivity contribution in [2.75, 3.05) is 27.8 Å². The molecule has 0 fully saturated rings. The van der Waals surface area contributed by atoms with Crippen LogP contribution >= 0.6 is 0 Å². The average molecular weight is 365 g/mol. The smallest absolute Gasteiger partial charge is 0.220 e. The lowest BCUT2D eigenvalue weighted by Crippen LogP contribution is -2.27. The highest BCUT2D eigenvalue weighted by Crippen LogP contribution is 2.33. The summed E-state index contributed by atoms with van der Waals surface area (Å²) in [6.07, 6.45) is 3.63. The molecule has 27 heavy (non-hydrogen) atoms. The number of likely N-dealkylation sites (N-methyl/N-ethyl adjacent to an activating group) is 1. The Morgan fingerprint density at radius 3 is 2.78 bits per heavy atom. The maximum atomic E-state index is 5.55. The lowest BCUT2D eigenvalue weighted by atomic mass is 10.0. The molecular formula is C22H27N3O2. The van der Waals surface area contributed by atoms with Gasteiger partial charge in [-0.2, -0.15) is 0 Å². The molecule has 0 unspecified atom stereocenters. The predicted molar refractivity (Wildman–Crippen MR) is 108 cm³/mol. The zero-order chi connectivity index (χ0) is 19.0. The van der Waals surface area contributed by atoms with E-state index in [4.69, 9.17) is 9.47 Å². The van der Waals surface area contributed by atoms with Crippen molar-refractivity contribution in [3.63, 3.8) is 0 Å². The van der Waals surface area contributed by atoms with E-state index in [1.807, 2.05) is 6.07 Å². The Morgan fingerprint density at radius 1 is 1.15 bits per heavy atom. The van der Waals surface area contributed by atoms with E-state index < -0.39 is 0 Å². The number of benzene rings is 1. The molecule has 0 atom stereocenters. The summed E-state index contributed by atoms with van der Waals surface area (Å²) in [6.45, 7) is 5.17. The van der Waals surface area contributed by atoms with Gasteiger partial charge in [-0.05, 0) is 44.2 Å². The SMILES string of the molecule is COc1ccnc(OC)c1CCn1c2c(c3cc(C)ccc31)CN(C)CC2. The molecule has 0 saturated heterocycles. The van der Waals surface area contributed by atoms with Gasteiger partial charge in [-0.25, -0.2) is 4.98 Å². The summed E-state index contributed by atoms with van der Waals surface area (Å²) in [5.41, 5.74) is 6.61. The summed E-state index contributed by atoms with van der Waals surface area (Å²) in [6, 6.07) is 8.70. The van der Waals surface area contributed by atoms with Gasteiger partial charge in [0.25, 0.3) is 0 Å². The third-order valence-corrected chi connectivity index (χ3v) is 5.57. The predicted octanol–water partition coefficient (Wildman–Crippen LogP) is 3.59. The van der Waals surface area contributed by atoms with E-state index in [-0.39, 0.29) is 0 Å². The topological polar surface area (TPSA) is 39.5 Å². The molecule has 142 valence electrons. The van der Waals surface area contributed by atoms with Gasteiger partial charge in [0, 0.05) is 48.8 Å². The summed E-state index contributed by atoms with van der Waals surface area (Å²) in [4.78, 5) is 6.76. The zero-order valence-electron chi connectivity index (χ0n) is 16.6. The first-order valence-corrected chi connectivity index (χ1v) is 9.47. The number of methoxy groups -OCH3 is 2. The van der Waals surface area contributed by atoms with E-state index in [2.05, 4.69) is 46.6 Å². The van der Waals surface area contributed by atoms with Crippen molar-refractivity contribution in [3.05, 3.63) is 52.8 Å². The van der Waals surface area contributed by atoms with Crippen LogP contribution in [-0.4, -0.2) is 42.3 Å². The van der Waals surface area contributed by atoms with Crippen LogP contribution in [0.3, 0.4) is 0 Å². The normalized spacial score (nSPS) is 14.4. The Morgan fingerprint density at radius 2 is 2.00 bits per heavy atom. The standard InChI is InChI=1S/C22H27N3O2/c1-15-5-6-19-17(13-15)18-14-24(2)11-9-20(18)25(19)12-8-16-21(26-3)7-10-23-22(16)27-4/h5-7,10,13H,8-9,11-12,14H2,1-4H3. The molecule has 3 heterocycles.